The van der Waals surface area contributed by atoms with Gasteiger partial charge >= 0.3 is 0 Å². The number of rotatable bonds is 6. The van der Waals surface area contributed by atoms with Crippen molar-refractivity contribution < 1.29 is 14.6 Å². The van der Waals surface area contributed by atoms with E-state index in [4.69, 9.17) is 26.1 Å². The zero-order chi connectivity index (χ0) is 17.9. The second kappa shape index (κ2) is 7.66. The molecule has 136 valence electrons. The topological polar surface area (TPSA) is 56.5 Å². The smallest absolute Gasteiger partial charge is 0.139 e. The summed E-state index contributed by atoms with van der Waals surface area (Å²) in [5.41, 5.74) is 1.91. The summed E-state index contributed by atoms with van der Waals surface area (Å²) in [4.78, 5) is 4.75. The first kappa shape index (κ1) is 17.3. The maximum atomic E-state index is 10.5. The van der Waals surface area contributed by atoms with E-state index in [1.165, 1.54) is 0 Å². The molecule has 2 unspecified atom stereocenters. The third-order valence-corrected chi connectivity index (χ3v) is 4.88. The van der Waals surface area contributed by atoms with Gasteiger partial charge in [-0.15, -0.1) is 0 Å². The van der Waals surface area contributed by atoms with Gasteiger partial charge in [0.25, 0.3) is 0 Å². The lowest BCUT2D eigenvalue weighted by molar-refractivity contribution is 0.0806. The van der Waals surface area contributed by atoms with Crippen molar-refractivity contribution in [2.75, 3.05) is 13.2 Å². The van der Waals surface area contributed by atoms with Crippen LogP contribution in [0, 0.1) is 0 Å². The molecule has 0 amide bonds. The van der Waals surface area contributed by atoms with Crippen LogP contribution in [0.2, 0.25) is 5.02 Å². The normalized spacial score (nSPS) is 18.3. The molecule has 4 rings (SSSR count). The zero-order valence-corrected chi connectivity index (χ0v) is 15.1. The standard InChI is InChI=1S/C20H21ClN2O3/c21-15-6-1-4-9-18(15)26-13-14(24)12-23-17-8-3-2-7-16(17)22-20(23)19-10-5-11-25-19/h1-4,6-9,14,19,24H,5,10-13H2. The van der Waals surface area contributed by atoms with Crippen LogP contribution in [0.5, 0.6) is 5.75 Å². The predicted octanol–water partition coefficient (Wildman–Crippen LogP) is 3.98. The third kappa shape index (κ3) is 3.56. The Morgan fingerprint density at radius 2 is 2.04 bits per heavy atom. The molecule has 3 aromatic rings. The van der Waals surface area contributed by atoms with Gasteiger partial charge in [0.1, 0.15) is 30.4 Å². The molecule has 26 heavy (non-hydrogen) atoms. The molecular weight excluding hydrogens is 352 g/mol. The minimum Gasteiger partial charge on any atom is -0.489 e. The molecule has 2 aromatic carbocycles. The number of aliphatic hydroxyl groups is 1. The first-order chi connectivity index (χ1) is 12.7. The number of para-hydroxylation sites is 3. The van der Waals surface area contributed by atoms with E-state index in [1.54, 1.807) is 12.1 Å². The van der Waals surface area contributed by atoms with Gasteiger partial charge in [-0.2, -0.15) is 0 Å². The highest BCUT2D eigenvalue weighted by Gasteiger charge is 2.25. The molecular formula is C20H21ClN2O3. The zero-order valence-electron chi connectivity index (χ0n) is 14.3. The lowest BCUT2D eigenvalue weighted by atomic mass is 10.2. The molecule has 1 aliphatic heterocycles. The van der Waals surface area contributed by atoms with Gasteiger partial charge < -0.3 is 19.1 Å². The minimum atomic E-state index is -0.691. The highest BCUT2D eigenvalue weighted by Crippen LogP contribution is 2.31. The molecule has 1 saturated heterocycles. The highest BCUT2D eigenvalue weighted by molar-refractivity contribution is 6.32. The molecule has 0 spiro atoms. The lowest BCUT2D eigenvalue weighted by Crippen LogP contribution is -2.25. The SMILES string of the molecule is OC(COc1ccccc1Cl)Cn1c(C2CCCO2)nc2ccccc21. The molecule has 0 saturated carbocycles. The average Bonchev–Trinajstić information content (AvgIpc) is 3.29. The van der Waals surface area contributed by atoms with Crippen molar-refractivity contribution in [3.63, 3.8) is 0 Å². The minimum absolute atomic E-state index is 0.0147. The van der Waals surface area contributed by atoms with Crippen LogP contribution in [0.4, 0.5) is 0 Å². The summed E-state index contributed by atoms with van der Waals surface area (Å²) in [7, 11) is 0. The summed E-state index contributed by atoms with van der Waals surface area (Å²) in [6.07, 6.45) is 1.28. The van der Waals surface area contributed by atoms with Gasteiger partial charge in [0, 0.05) is 6.61 Å². The number of imidazole rings is 1. The fourth-order valence-corrected chi connectivity index (χ4v) is 3.51. The number of nitrogens with zero attached hydrogens (tertiary/aromatic N) is 2. The van der Waals surface area contributed by atoms with Crippen LogP contribution in [0.25, 0.3) is 11.0 Å². The molecule has 5 nitrogen and oxygen atoms in total. The quantitative estimate of drug-likeness (QED) is 0.711. The molecule has 1 N–H and O–H groups in total. The fraction of sp³-hybridized carbons (Fsp3) is 0.350. The Bertz CT molecular complexity index is 890. The van der Waals surface area contributed by atoms with Crippen LogP contribution in [0.1, 0.15) is 24.8 Å². The van der Waals surface area contributed by atoms with E-state index in [0.29, 0.717) is 17.3 Å². The van der Waals surface area contributed by atoms with Crippen molar-refractivity contribution in [1.29, 1.82) is 0 Å². The lowest BCUT2D eigenvalue weighted by Gasteiger charge is -2.18. The van der Waals surface area contributed by atoms with Crippen LogP contribution in [-0.2, 0) is 11.3 Å². The first-order valence-electron chi connectivity index (χ1n) is 8.84. The maximum Gasteiger partial charge on any atom is 0.139 e. The van der Waals surface area contributed by atoms with Gasteiger partial charge in [-0.25, -0.2) is 4.98 Å². The van der Waals surface area contributed by atoms with E-state index in [9.17, 15) is 5.11 Å². The van der Waals surface area contributed by atoms with Crippen LogP contribution in [-0.4, -0.2) is 34.0 Å². The van der Waals surface area contributed by atoms with E-state index in [1.807, 2.05) is 41.0 Å². The number of aromatic nitrogens is 2. The van der Waals surface area contributed by atoms with Gasteiger partial charge in [-0.1, -0.05) is 35.9 Å². The highest BCUT2D eigenvalue weighted by atomic mass is 35.5. The Hall–Kier alpha value is -2.08. The van der Waals surface area contributed by atoms with Gasteiger partial charge in [0.15, 0.2) is 0 Å². The number of hydrogen-bond acceptors (Lipinski definition) is 4. The number of halogens is 1. The molecule has 0 radical (unpaired) electrons. The molecule has 2 heterocycles. The van der Waals surface area contributed by atoms with E-state index in [2.05, 4.69) is 0 Å². The Morgan fingerprint density at radius 1 is 1.23 bits per heavy atom. The number of benzene rings is 2. The summed E-state index contributed by atoms with van der Waals surface area (Å²) in [6.45, 7) is 1.30. The first-order valence-corrected chi connectivity index (χ1v) is 9.22. The summed E-state index contributed by atoms with van der Waals surface area (Å²) in [5, 5.41) is 11.1. The maximum absolute atomic E-state index is 10.5. The molecule has 0 aliphatic carbocycles. The summed E-state index contributed by atoms with van der Waals surface area (Å²) < 4.78 is 13.5. The van der Waals surface area contributed by atoms with E-state index < -0.39 is 6.10 Å². The molecule has 2 atom stereocenters. The Labute approximate surface area is 157 Å². The second-order valence-corrected chi connectivity index (χ2v) is 6.87. The predicted molar refractivity (Wildman–Crippen MR) is 101 cm³/mol. The molecule has 1 fully saturated rings. The fourth-order valence-electron chi connectivity index (χ4n) is 3.32. The summed E-state index contributed by atoms with van der Waals surface area (Å²) >= 11 is 6.10. The molecule has 0 bridgehead atoms. The van der Waals surface area contributed by atoms with E-state index in [0.717, 1.165) is 36.3 Å². The van der Waals surface area contributed by atoms with Crippen LogP contribution in [0.15, 0.2) is 48.5 Å². The van der Waals surface area contributed by atoms with Gasteiger partial charge in [0.05, 0.1) is 22.6 Å². The summed E-state index contributed by atoms with van der Waals surface area (Å²) in [6, 6.07) is 15.2. The number of hydrogen-bond donors (Lipinski definition) is 1. The van der Waals surface area contributed by atoms with Crippen LogP contribution >= 0.6 is 11.6 Å². The van der Waals surface area contributed by atoms with Crippen molar-refractivity contribution in [1.82, 2.24) is 9.55 Å². The molecule has 1 aromatic heterocycles. The van der Waals surface area contributed by atoms with Crippen molar-refractivity contribution >= 4 is 22.6 Å². The monoisotopic (exact) mass is 372 g/mol. The molecule has 1 aliphatic rings. The van der Waals surface area contributed by atoms with Crippen molar-refractivity contribution in [2.24, 2.45) is 0 Å². The Kier molecular flexibility index (Phi) is 5.11. The van der Waals surface area contributed by atoms with E-state index >= 15 is 0 Å². The van der Waals surface area contributed by atoms with Gasteiger partial charge in [-0.05, 0) is 37.1 Å². The number of ether oxygens (including phenoxy) is 2. The van der Waals surface area contributed by atoms with Crippen LogP contribution in [0.3, 0.4) is 0 Å². The van der Waals surface area contributed by atoms with Crippen molar-refractivity contribution in [2.45, 2.75) is 31.6 Å². The van der Waals surface area contributed by atoms with Gasteiger partial charge in [-0.3, -0.25) is 0 Å². The Morgan fingerprint density at radius 3 is 2.85 bits per heavy atom. The number of aliphatic hydroxyl groups excluding tert-OH is 1. The third-order valence-electron chi connectivity index (χ3n) is 4.56. The second-order valence-electron chi connectivity index (χ2n) is 6.47. The van der Waals surface area contributed by atoms with Crippen LogP contribution < -0.4 is 4.74 Å². The van der Waals surface area contributed by atoms with Crippen molar-refractivity contribution in [3.05, 3.63) is 59.4 Å². The summed E-state index contributed by atoms with van der Waals surface area (Å²) in [5.74, 6) is 1.45. The average molecular weight is 373 g/mol. The largest absolute Gasteiger partial charge is 0.489 e. The molecule has 6 heteroatoms. The van der Waals surface area contributed by atoms with Crippen molar-refractivity contribution in [3.8, 4) is 5.75 Å². The Balaban J connectivity index is 1.53. The van der Waals surface area contributed by atoms with Gasteiger partial charge in [0.2, 0.25) is 0 Å². The number of fused-ring (bicyclic) bond motifs is 1. The van der Waals surface area contributed by atoms with E-state index in [-0.39, 0.29) is 12.7 Å².